The summed E-state index contributed by atoms with van der Waals surface area (Å²) in [5.74, 6) is 0. The number of aromatic nitrogens is 1. The number of hydrogen-bond donors (Lipinski definition) is 2. The van der Waals surface area contributed by atoms with Crippen LogP contribution in [0.1, 0.15) is 11.1 Å². The quantitative estimate of drug-likeness (QED) is 0.883. The number of benzene rings is 1. The molecular weight excluding hydrogens is 274 g/mol. The van der Waals surface area contributed by atoms with Gasteiger partial charge in [-0.25, -0.2) is 8.42 Å². The maximum absolute atomic E-state index is 12.2. The zero-order valence-corrected chi connectivity index (χ0v) is 12.2. The second-order valence-electron chi connectivity index (χ2n) is 4.53. The van der Waals surface area contributed by atoms with Gasteiger partial charge in [-0.1, -0.05) is 12.1 Å². The van der Waals surface area contributed by atoms with E-state index in [1.807, 2.05) is 14.0 Å². The molecule has 0 spiro atoms. The van der Waals surface area contributed by atoms with Gasteiger partial charge in [0, 0.05) is 12.7 Å². The highest BCUT2D eigenvalue weighted by molar-refractivity contribution is 7.92. The van der Waals surface area contributed by atoms with Crippen LogP contribution in [0.15, 0.2) is 47.6 Å². The molecule has 6 heteroatoms. The van der Waals surface area contributed by atoms with Gasteiger partial charge in [-0.15, -0.1) is 0 Å². The molecule has 1 heterocycles. The Labute approximate surface area is 119 Å². The summed E-state index contributed by atoms with van der Waals surface area (Å²) in [6.07, 6.45) is 3.16. The van der Waals surface area contributed by atoms with Crippen molar-refractivity contribution >= 4 is 15.7 Å². The minimum Gasteiger partial charge on any atom is -0.316 e. The van der Waals surface area contributed by atoms with Gasteiger partial charge < -0.3 is 5.32 Å². The Morgan fingerprint density at radius 2 is 1.85 bits per heavy atom. The minimum atomic E-state index is -3.57. The average molecular weight is 291 g/mol. The second kappa shape index (κ2) is 6.02. The molecule has 1 aromatic carbocycles. The molecule has 1 aromatic heterocycles. The summed E-state index contributed by atoms with van der Waals surface area (Å²) < 4.78 is 27.0. The maximum atomic E-state index is 12.2. The number of hydrogen-bond acceptors (Lipinski definition) is 4. The largest absolute Gasteiger partial charge is 0.316 e. The van der Waals surface area contributed by atoms with Gasteiger partial charge in [0.1, 0.15) is 0 Å². The number of aryl methyl sites for hydroxylation is 1. The molecule has 0 saturated carbocycles. The molecule has 2 N–H and O–H groups in total. The van der Waals surface area contributed by atoms with Crippen molar-refractivity contribution < 1.29 is 8.42 Å². The normalized spacial score (nSPS) is 11.3. The van der Waals surface area contributed by atoms with Crippen molar-refractivity contribution in [2.45, 2.75) is 18.4 Å². The summed E-state index contributed by atoms with van der Waals surface area (Å²) in [5, 5.41) is 3.01. The number of pyridine rings is 1. The highest BCUT2D eigenvalue weighted by Gasteiger charge is 2.14. The molecule has 0 atom stereocenters. The van der Waals surface area contributed by atoms with Crippen molar-refractivity contribution in [1.29, 1.82) is 0 Å². The average Bonchev–Trinajstić information content (AvgIpc) is 2.39. The summed E-state index contributed by atoms with van der Waals surface area (Å²) in [4.78, 5) is 4.20. The van der Waals surface area contributed by atoms with E-state index in [1.165, 1.54) is 6.20 Å². The number of nitrogens with zero attached hydrogens (tertiary/aromatic N) is 1. The predicted molar refractivity (Wildman–Crippen MR) is 79.0 cm³/mol. The minimum absolute atomic E-state index is 0.235. The standard InChI is InChI=1S/C14H17N3O2S/c1-11-7-13(10-16-8-11)17-20(18,19)14-5-3-12(4-6-14)9-15-2/h3-8,10,15,17H,9H2,1-2H3. The van der Waals surface area contributed by atoms with Gasteiger partial charge in [-0.2, -0.15) is 0 Å². The van der Waals surface area contributed by atoms with Crippen LogP contribution >= 0.6 is 0 Å². The van der Waals surface area contributed by atoms with E-state index in [9.17, 15) is 8.42 Å². The molecule has 0 amide bonds. The molecule has 0 aliphatic heterocycles. The lowest BCUT2D eigenvalue weighted by Gasteiger charge is -2.09. The van der Waals surface area contributed by atoms with E-state index in [0.717, 1.165) is 11.1 Å². The van der Waals surface area contributed by atoms with Crippen LogP contribution in [0.25, 0.3) is 0 Å². The van der Waals surface area contributed by atoms with E-state index >= 15 is 0 Å². The van der Waals surface area contributed by atoms with Crippen molar-refractivity contribution in [1.82, 2.24) is 10.3 Å². The van der Waals surface area contributed by atoms with Crippen LogP contribution in [0.4, 0.5) is 5.69 Å². The lowest BCUT2D eigenvalue weighted by Crippen LogP contribution is -2.13. The van der Waals surface area contributed by atoms with Gasteiger partial charge in [0.05, 0.1) is 16.8 Å². The number of nitrogens with one attached hydrogen (secondary N) is 2. The Bertz CT molecular complexity index is 682. The number of rotatable bonds is 5. The van der Waals surface area contributed by atoms with Gasteiger partial charge in [0.15, 0.2) is 0 Å². The molecule has 0 bridgehead atoms. The lowest BCUT2D eigenvalue weighted by atomic mass is 10.2. The van der Waals surface area contributed by atoms with Crippen LogP contribution in [0.3, 0.4) is 0 Å². The van der Waals surface area contributed by atoms with Crippen LogP contribution in [0.2, 0.25) is 0 Å². The molecule has 0 saturated heterocycles. The van der Waals surface area contributed by atoms with E-state index in [4.69, 9.17) is 0 Å². The van der Waals surface area contributed by atoms with Crippen LogP contribution in [-0.2, 0) is 16.6 Å². The van der Waals surface area contributed by atoms with Crippen molar-refractivity contribution in [2.24, 2.45) is 0 Å². The van der Waals surface area contributed by atoms with E-state index < -0.39 is 10.0 Å². The first kappa shape index (κ1) is 14.5. The van der Waals surface area contributed by atoms with Crippen molar-refractivity contribution in [3.05, 3.63) is 53.9 Å². The molecule has 0 unspecified atom stereocenters. The third-order valence-electron chi connectivity index (χ3n) is 2.74. The van der Waals surface area contributed by atoms with Crippen LogP contribution in [0, 0.1) is 6.92 Å². The van der Waals surface area contributed by atoms with Crippen LogP contribution in [0.5, 0.6) is 0 Å². The maximum Gasteiger partial charge on any atom is 0.261 e. The molecule has 0 fully saturated rings. The first-order chi connectivity index (χ1) is 9.51. The molecule has 2 aromatic rings. The summed E-state index contributed by atoms with van der Waals surface area (Å²) in [6, 6.07) is 8.51. The van der Waals surface area contributed by atoms with E-state index in [0.29, 0.717) is 12.2 Å². The fourth-order valence-electron chi connectivity index (χ4n) is 1.82. The Balaban J connectivity index is 2.21. The van der Waals surface area contributed by atoms with Crippen LogP contribution in [-0.4, -0.2) is 20.4 Å². The molecular formula is C14H17N3O2S. The zero-order valence-electron chi connectivity index (χ0n) is 11.4. The smallest absolute Gasteiger partial charge is 0.261 e. The molecule has 0 aliphatic carbocycles. The van der Waals surface area contributed by atoms with Crippen molar-refractivity contribution in [2.75, 3.05) is 11.8 Å². The third kappa shape index (κ3) is 3.55. The monoisotopic (exact) mass is 291 g/mol. The first-order valence-corrected chi connectivity index (χ1v) is 7.67. The summed E-state index contributed by atoms with van der Waals surface area (Å²) in [5.41, 5.74) is 2.39. The SMILES string of the molecule is CNCc1ccc(S(=O)(=O)Nc2cncc(C)c2)cc1. The van der Waals surface area contributed by atoms with Crippen LogP contribution < -0.4 is 10.0 Å². The molecule has 5 nitrogen and oxygen atoms in total. The summed E-state index contributed by atoms with van der Waals surface area (Å²) >= 11 is 0. The summed E-state index contributed by atoms with van der Waals surface area (Å²) in [6.45, 7) is 2.56. The van der Waals surface area contributed by atoms with Gasteiger partial charge in [0.25, 0.3) is 10.0 Å². The fraction of sp³-hybridized carbons (Fsp3) is 0.214. The van der Waals surface area contributed by atoms with Gasteiger partial charge >= 0.3 is 0 Å². The Morgan fingerprint density at radius 3 is 2.45 bits per heavy atom. The first-order valence-electron chi connectivity index (χ1n) is 6.19. The summed E-state index contributed by atoms with van der Waals surface area (Å²) in [7, 11) is -1.73. The van der Waals surface area contributed by atoms with E-state index in [-0.39, 0.29) is 4.90 Å². The van der Waals surface area contributed by atoms with Crippen molar-refractivity contribution in [3.63, 3.8) is 0 Å². The van der Waals surface area contributed by atoms with Crippen molar-refractivity contribution in [3.8, 4) is 0 Å². The van der Waals surface area contributed by atoms with E-state index in [2.05, 4.69) is 15.0 Å². The molecule has 0 radical (unpaired) electrons. The molecule has 106 valence electrons. The van der Waals surface area contributed by atoms with Gasteiger partial charge in [0.2, 0.25) is 0 Å². The topological polar surface area (TPSA) is 71.1 Å². The molecule has 20 heavy (non-hydrogen) atoms. The Hall–Kier alpha value is -1.92. The predicted octanol–water partition coefficient (Wildman–Crippen LogP) is 1.91. The molecule has 0 aliphatic rings. The third-order valence-corrected chi connectivity index (χ3v) is 4.14. The highest BCUT2D eigenvalue weighted by Crippen LogP contribution is 2.16. The molecule has 2 rings (SSSR count). The number of anilines is 1. The second-order valence-corrected chi connectivity index (χ2v) is 6.21. The highest BCUT2D eigenvalue weighted by atomic mass is 32.2. The Morgan fingerprint density at radius 1 is 1.15 bits per heavy atom. The van der Waals surface area contributed by atoms with Gasteiger partial charge in [-0.05, 0) is 43.3 Å². The zero-order chi connectivity index (χ0) is 14.6. The Kier molecular flexibility index (Phi) is 4.36. The lowest BCUT2D eigenvalue weighted by molar-refractivity contribution is 0.601. The fourth-order valence-corrected chi connectivity index (χ4v) is 2.85. The van der Waals surface area contributed by atoms with E-state index in [1.54, 1.807) is 36.5 Å². The van der Waals surface area contributed by atoms with Gasteiger partial charge in [-0.3, -0.25) is 9.71 Å². The number of sulfonamides is 1.